The molecule has 3 aromatic rings. The molecule has 27 heavy (non-hydrogen) atoms. The van der Waals surface area contributed by atoms with Crippen molar-refractivity contribution in [3.05, 3.63) is 47.5 Å². The molecule has 1 heterocycles. The van der Waals surface area contributed by atoms with E-state index in [-0.39, 0.29) is 0 Å². The largest absolute Gasteiger partial charge is 0.491 e. The lowest BCUT2D eigenvalue weighted by Gasteiger charge is -2.19. The molecule has 6 heteroatoms. The summed E-state index contributed by atoms with van der Waals surface area (Å²) in [5.74, 6) is 2.03. The van der Waals surface area contributed by atoms with Crippen LogP contribution in [0.5, 0.6) is 5.75 Å². The van der Waals surface area contributed by atoms with Crippen molar-refractivity contribution in [2.75, 3.05) is 38.0 Å². The number of unbranched alkanes of at least 4 members (excludes halogenated alkanes) is 1. The zero-order chi connectivity index (χ0) is 19.1. The highest BCUT2D eigenvalue weighted by molar-refractivity contribution is 6.40. The molecule has 0 fully saturated rings. The second kappa shape index (κ2) is 10.3. The maximum atomic E-state index is 6.60. The SMILES string of the molecule is ClCCN(CCCl)CCCCOc1cccc2c(Cl)c3ccccc3nc12. The van der Waals surface area contributed by atoms with Crippen molar-refractivity contribution in [2.24, 2.45) is 0 Å². The maximum absolute atomic E-state index is 6.60. The van der Waals surface area contributed by atoms with Crippen molar-refractivity contribution in [2.45, 2.75) is 12.8 Å². The fraction of sp³-hybridized carbons (Fsp3) is 0.381. The quantitative estimate of drug-likeness (QED) is 0.227. The zero-order valence-electron chi connectivity index (χ0n) is 15.1. The van der Waals surface area contributed by atoms with Gasteiger partial charge in [0.25, 0.3) is 0 Å². The van der Waals surface area contributed by atoms with E-state index in [0.29, 0.717) is 18.4 Å². The van der Waals surface area contributed by atoms with Gasteiger partial charge >= 0.3 is 0 Å². The van der Waals surface area contributed by atoms with Gasteiger partial charge in [0, 0.05) is 35.6 Å². The smallest absolute Gasteiger partial charge is 0.145 e. The minimum absolute atomic E-state index is 0.629. The predicted molar refractivity (Wildman–Crippen MR) is 117 cm³/mol. The van der Waals surface area contributed by atoms with Crippen LogP contribution >= 0.6 is 34.8 Å². The highest BCUT2D eigenvalue weighted by Crippen LogP contribution is 2.34. The summed E-state index contributed by atoms with van der Waals surface area (Å²) in [6.07, 6.45) is 1.99. The number of pyridine rings is 1. The van der Waals surface area contributed by atoms with Crippen LogP contribution in [-0.4, -0.2) is 47.9 Å². The van der Waals surface area contributed by atoms with Crippen molar-refractivity contribution in [3.8, 4) is 5.75 Å². The number of halogens is 3. The summed E-state index contributed by atoms with van der Waals surface area (Å²) in [4.78, 5) is 7.05. The van der Waals surface area contributed by atoms with Gasteiger partial charge in [0.15, 0.2) is 0 Å². The molecule has 0 atom stereocenters. The van der Waals surface area contributed by atoms with Crippen LogP contribution in [0, 0.1) is 0 Å². The van der Waals surface area contributed by atoms with Crippen molar-refractivity contribution < 1.29 is 4.74 Å². The summed E-state index contributed by atoms with van der Waals surface area (Å²) in [5.41, 5.74) is 1.69. The third kappa shape index (κ3) is 5.17. The average Bonchev–Trinajstić information content (AvgIpc) is 2.68. The van der Waals surface area contributed by atoms with E-state index < -0.39 is 0 Å². The molecule has 0 unspecified atom stereocenters. The summed E-state index contributed by atoms with van der Waals surface area (Å²) in [6.45, 7) is 3.36. The van der Waals surface area contributed by atoms with E-state index in [2.05, 4.69) is 4.90 Å². The third-order valence-corrected chi connectivity index (χ3v) is 5.28. The van der Waals surface area contributed by atoms with Crippen LogP contribution in [0.1, 0.15) is 12.8 Å². The van der Waals surface area contributed by atoms with Crippen LogP contribution in [0.2, 0.25) is 5.02 Å². The molecule has 0 bridgehead atoms. The maximum Gasteiger partial charge on any atom is 0.145 e. The van der Waals surface area contributed by atoms with Gasteiger partial charge < -0.3 is 9.64 Å². The zero-order valence-corrected chi connectivity index (χ0v) is 17.4. The van der Waals surface area contributed by atoms with Crippen molar-refractivity contribution in [3.63, 3.8) is 0 Å². The van der Waals surface area contributed by atoms with E-state index >= 15 is 0 Å². The molecule has 0 saturated carbocycles. The van der Waals surface area contributed by atoms with Crippen LogP contribution in [0.3, 0.4) is 0 Å². The van der Waals surface area contributed by atoms with E-state index in [1.54, 1.807) is 0 Å². The summed E-state index contributed by atoms with van der Waals surface area (Å²) in [7, 11) is 0. The van der Waals surface area contributed by atoms with Gasteiger partial charge in [-0.1, -0.05) is 41.9 Å². The predicted octanol–water partition coefficient (Wildman–Crippen LogP) is 5.98. The number of para-hydroxylation sites is 2. The summed E-state index contributed by atoms with van der Waals surface area (Å²) >= 11 is 18.3. The number of hydrogen-bond acceptors (Lipinski definition) is 3. The Hall–Kier alpha value is -1.26. The number of benzene rings is 2. The normalized spacial score (nSPS) is 11.6. The Bertz CT molecular complexity index is 882. The fourth-order valence-corrected chi connectivity index (χ4v) is 3.94. The second-order valence-corrected chi connectivity index (χ2v) is 7.50. The Morgan fingerprint density at radius 3 is 2.37 bits per heavy atom. The first-order chi connectivity index (χ1) is 13.2. The first-order valence-electron chi connectivity index (χ1n) is 9.18. The van der Waals surface area contributed by atoms with Crippen molar-refractivity contribution in [1.29, 1.82) is 0 Å². The van der Waals surface area contributed by atoms with Crippen LogP contribution in [0.4, 0.5) is 0 Å². The molecule has 0 amide bonds. The van der Waals surface area contributed by atoms with Crippen molar-refractivity contribution in [1.82, 2.24) is 9.88 Å². The van der Waals surface area contributed by atoms with Gasteiger partial charge in [-0.25, -0.2) is 4.98 Å². The van der Waals surface area contributed by atoms with Gasteiger partial charge in [-0.15, -0.1) is 23.2 Å². The summed E-state index contributed by atoms with van der Waals surface area (Å²) in [5, 5.41) is 2.60. The molecule has 3 nitrogen and oxygen atoms in total. The molecular formula is C21H23Cl3N2O. The second-order valence-electron chi connectivity index (χ2n) is 6.37. The number of hydrogen-bond donors (Lipinski definition) is 0. The van der Waals surface area contributed by atoms with Gasteiger partial charge in [-0.05, 0) is 31.5 Å². The molecule has 0 spiro atoms. The Morgan fingerprint density at radius 2 is 1.59 bits per heavy atom. The lowest BCUT2D eigenvalue weighted by molar-refractivity contribution is 0.269. The fourth-order valence-electron chi connectivity index (χ4n) is 3.15. The Kier molecular flexibility index (Phi) is 7.83. The van der Waals surface area contributed by atoms with Crippen molar-refractivity contribution >= 4 is 56.6 Å². The van der Waals surface area contributed by atoms with Crippen LogP contribution < -0.4 is 4.74 Å². The lowest BCUT2D eigenvalue weighted by atomic mass is 10.1. The van der Waals surface area contributed by atoms with Gasteiger partial charge in [0.1, 0.15) is 11.3 Å². The highest BCUT2D eigenvalue weighted by atomic mass is 35.5. The lowest BCUT2D eigenvalue weighted by Crippen LogP contribution is -2.29. The van der Waals surface area contributed by atoms with E-state index in [9.17, 15) is 0 Å². The number of ether oxygens (including phenoxy) is 1. The van der Waals surface area contributed by atoms with Crippen LogP contribution in [-0.2, 0) is 0 Å². The molecule has 0 aliphatic rings. The molecule has 2 aromatic carbocycles. The number of aromatic nitrogens is 1. The van der Waals surface area contributed by atoms with Gasteiger partial charge in [-0.3, -0.25) is 0 Å². The molecule has 0 aliphatic heterocycles. The third-order valence-electron chi connectivity index (χ3n) is 4.54. The first kappa shape index (κ1) is 20.5. The molecule has 1 aromatic heterocycles. The molecule has 0 saturated heterocycles. The monoisotopic (exact) mass is 424 g/mol. The average molecular weight is 426 g/mol. The molecule has 0 radical (unpaired) electrons. The van der Waals surface area contributed by atoms with E-state index in [1.807, 2.05) is 42.5 Å². The van der Waals surface area contributed by atoms with Gasteiger partial charge in [0.2, 0.25) is 0 Å². The minimum atomic E-state index is 0.629. The van der Waals surface area contributed by atoms with E-state index in [4.69, 9.17) is 44.5 Å². The molecule has 0 aliphatic carbocycles. The van der Waals surface area contributed by atoms with E-state index in [0.717, 1.165) is 65.1 Å². The number of fused-ring (bicyclic) bond motifs is 2. The van der Waals surface area contributed by atoms with Gasteiger partial charge in [-0.2, -0.15) is 0 Å². The Balaban J connectivity index is 1.65. The van der Waals surface area contributed by atoms with E-state index in [1.165, 1.54) is 0 Å². The number of rotatable bonds is 10. The number of nitrogens with zero attached hydrogens (tertiary/aromatic N) is 2. The first-order valence-corrected chi connectivity index (χ1v) is 10.6. The van der Waals surface area contributed by atoms with Gasteiger partial charge in [0.05, 0.1) is 17.1 Å². The summed E-state index contributed by atoms with van der Waals surface area (Å²) in [6, 6.07) is 13.8. The van der Waals surface area contributed by atoms with Crippen LogP contribution in [0.15, 0.2) is 42.5 Å². The number of alkyl halides is 2. The van der Waals surface area contributed by atoms with Crippen LogP contribution in [0.25, 0.3) is 21.8 Å². The standard InChI is InChI=1S/C21H23Cl3N2O/c22-10-13-26(14-11-23)12-3-4-15-27-19-9-5-7-17-20(24)16-6-1-2-8-18(16)25-21(17)19/h1-2,5-9H,3-4,10-15H2. The molecule has 3 rings (SSSR count). The summed E-state index contributed by atoms with van der Waals surface area (Å²) < 4.78 is 6.03. The Morgan fingerprint density at radius 1 is 0.852 bits per heavy atom. The minimum Gasteiger partial charge on any atom is -0.491 e. The highest BCUT2D eigenvalue weighted by Gasteiger charge is 2.11. The molecular weight excluding hydrogens is 403 g/mol. The molecule has 0 N–H and O–H groups in total. The Labute approximate surface area is 175 Å². The topological polar surface area (TPSA) is 25.4 Å². The molecule has 144 valence electrons.